The number of urea groups is 1. The van der Waals surface area contributed by atoms with E-state index in [0.717, 1.165) is 10.0 Å². The molecule has 7 heteroatoms. The van der Waals surface area contributed by atoms with Gasteiger partial charge in [0.2, 0.25) is 0 Å². The van der Waals surface area contributed by atoms with Crippen molar-refractivity contribution in [3.8, 4) is 5.75 Å². The van der Waals surface area contributed by atoms with Gasteiger partial charge in [0.05, 0.1) is 0 Å². The Labute approximate surface area is 113 Å². The number of hydrogen-bond donors (Lipinski definition) is 3. The first-order valence-corrected chi connectivity index (χ1v) is 5.96. The van der Waals surface area contributed by atoms with Crippen LogP contribution < -0.4 is 21.5 Å². The number of carbonyl (C=O) groups excluding carboxylic acids is 2. The summed E-state index contributed by atoms with van der Waals surface area (Å²) in [5, 5.41) is 1.91. The lowest BCUT2D eigenvalue weighted by Crippen LogP contribution is -2.38. The average Bonchev–Trinajstić information content (AvgIpc) is 2.26. The fourth-order valence-electron chi connectivity index (χ4n) is 1.32. The van der Waals surface area contributed by atoms with E-state index in [0.29, 0.717) is 5.75 Å². The molecule has 1 aromatic carbocycles. The number of nitrogens with two attached hydrogens (primary N) is 2. The van der Waals surface area contributed by atoms with Gasteiger partial charge in [-0.2, -0.15) is 0 Å². The lowest BCUT2D eigenvalue weighted by Gasteiger charge is -2.14. The highest BCUT2D eigenvalue weighted by molar-refractivity contribution is 9.10. The minimum Gasteiger partial charge on any atom is -0.483 e. The molecule has 18 heavy (non-hydrogen) atoms. The van der Waals surface area contributed by atoms with Gasteiger partial charge in [-0.05, 0) is 25.1 Å². The van der Waals surface area contributed by atoms with Gasteiger partial charge in [-0.15, -0.1) is 0 Å². The maximum Gasteiger partial charge on any atom is 0.318 e. The average molecular weight is 316 g/mol. The number of carbonyl (C=O) groups is 2. The van der Waals surface area contributed by atoms with E-state index in [-0.39, 0.29) is 12.6 Å². The number of ether oxygens (including phenoxy) is 1. The van der Waals surface area contributed by atoms with Crippen LogP contribution in [0.25, 0.3) is 0 Å². The zero-order valence-corrected chi connectivity index (χ0v) is 11.4. The number of hydrogen-bond acceptors (Lipinski definition) is 4. The Morgan fingerprint density at radius 2 is 2.17 bits per heavy atom. The highest BCUT2D eigenvalue weighted by Crippen LogP contribution is 2.27. The summed E-state index contributed by atoms with van der Waals surface area (Å²) >= 11 is 3.33. The molecule has 0 spiro atoms. The topological polar surface area (TPSA) is 107 Å². The fraction of sp³-hybridized carbons (Fsp3) is 0.273. The Bertz CT molecular complexity index is 463. The summed E-state index contributed by atoms with van der Waals surface area (Å²) in [6, 6.07) is 4.13. The molecule has 0 fully saturated rings. The normalized spacial score (nSPS) is 11.7. The summed E-state index contributed by atoms with van der Waals surface area (Å²) < 4.78 is 6.16. The van der Waals surface area contributed by atoms with Gasteiger partial charge in [0.15, 0.2) is 6.61 Å². The lowest BCUT2D eigenvalue weighted by molar-refractivity contribution is -0.121. The first kappa shape index (κ1) is 14.5. The number of halogens is 1. The zero-order valence-electron chi connectivity index (χ0n) is 9.77. The molecular weight excluding hydrogens is 302 g/mol. The zero-order chi connectivity index (χ0) is 13.7. The van der Waals surface area contributed by atoms with Crippen LogP contribution in [-0.2, 0) is 4.79 Å². The molecule has 0 aromatic heterocycles. The summed E-state index contributed by atoms with van der Waals surface area (Å²) in [5.74, 6) is -0.117. The molecule has 6 nitrogen and oxygen atoms in total. The molecule has 0 saturated carbocycles. The Morgan fingerprint density at radius 1 is 1.50 bits per heavy atom. The van der Waals surface area contributed by atoms with E-state index in [1.54, 1.807) is 19.1 Å². The molecule has 0 heterocycles. The van der Waals surface area contributed by atoms with E-state index in [1.807, 2.05) is 11.4 Å². The first-order chi connectivity index (χ1) is 8.40. The Hall–Kier alpha value is -1.60. The predicted octanol–water partition coefficient (Wildman–Crippen LogP) is 1.04. The Kier molecular flexibility index (Phi) is 5.11. The third kappa shape index (κ3) is 4.34. The second kappa shape index (κ2) is 6.36. The van der Waals surface area contributed by atoms with Gasteiger partial charge in [-0.25, -0.2) is 4.79 Å². The largest absolute Gasteiger partial charge is 0.483 e. The number of rotatable bonds is 4. The van der Waals surface area contributed by atoms with Crippen molar-refractivity contribution in [1.82, 2.24) is 5.32 Å². The number of nitrogens with one attached hydrogen (secondary N) is 1. The van der Waals surface area contributed by atoms with Crippen LogP contribution in [0.5, 0.6) is 5.75 Å². The van der Waals surface area contributed by atoms with Crippen LogP contribution in [0.1, 0.15) is 18.5 Å². The van der Waals surface area contributed by atoms with Crippen molar-refractivity contribution >= 4 is 27.9 Å². The molecule has 0 unspecified atom stereocenters. The SMILES string of the molecule is C[C@@H](N)c1cc(Br)ccc1OCC(=O)NC(N)=O. The van der Waals surface area contributed by atoms with E-state index < -0.39 is 11.9 Å². The summed E-state index contributed by atoms with van der Waals surface area (Å²) in [7, 11) is 0. The fourth-order valence-corrected chi connectivity index (χ4v) is 1.70. The summed E-state index contributed by atoms with van der Waals surface area (Å²) in [6.07, 6.45) is 0. The molecule has 3 amide bonds. The summed E-state index contributed by atoms with van der Waals surface area (Å²) in [6.45, 7) is 1.50. The van der Waals surface area contributed by atoms with E-state index >= 15 is 0 Å². The smallest absolute Gasteiger partial charge is 0.318 e. The van der Waals surface area contributed by atoms with Crippen molar-refractivity contribution < 1.29 is 14.3 Å². The highest BCUT2D eigenvalue weighted by atomic mass is 79.9. The first-order valence-electron chi connectivity index (χ1n) is 5.17. The van der Waals surface area contributed by atoms with Gasteiger partial charge in [-0.1, -0.05) is 15.9 Å². The maximum atomic E-state index is 11.2. The quantitative estimate of drug-likeness (QED) is 0.771. The van der Waals surface area contributed by atoms with Crippen LogP contribution in [0, 0.1) is 0 Å². The van der Waals surface area contributed by atoms with Crippen molar-refractivity contribution in [3.05, 3.63) is 28.2 Å². The number of primary amides is 1. The van der Waals surface area contributed by atoms with Gasteiger partial charge in [0.1, 0.15) is 5.75 Å². The second-order valence-electron chi connectivity index (χ2n) is 3.67. The predicted molar refractivity (Wildman–Crippen MR) is 70.0 cm³/mol. The van der Waals surface area contributed by atoms with E-state index in [4.69, 9.17) is 16.2 Å². The lowest BCUT2D eigenvalue weighted by atomic mass is 10.1. The van der Waals surface area contributed by atoms with Crippen molar-refractivity contribution in [2.24, 2.45) is 11.5 Å². The van der Waals surface area contributed by atoms with Gasteiger partial charge >= 0.3 is 6.03 Å². The third-order valence-corrected chi connectivity index (χ3v) is 2.58. The summed E-state index contributed by atoms with van der Waals surface area (Å²) in [5.41, 5.74) is 11.4. The molecule has 1 rings (SSSR count). The van der Waals surface area contributed by atoms with Crippen LogP contribution in [0.4, 0.5) is 4.79 Å². The minimum atomic E-state index is -0.910. The van der Waals surface area contributed by atoms with E-state index in [2.05, 4.69) is 15.9 Å². The molecule has 0 aliphatic heterocycles. The molecule has 1 aromatic rings. The number of imide groups is 1. The van der Waals surface area contributed by atoms with Crippen LogP contribution in [0.15, 0.2) is 22.7 Å². The number of amides is 3. The molecule has 1 atom stereocenters. The molecule has 0 aliphatic rings. The van der Waals surface area contributed by atoms with Crippen molar-refractivity contribution in [3.63, 3.8) is 0 Å². The van der Waals surface area contributed by atoms with Crippen LogP contribution in [0.2, 0.25) is 0 Å². The van der Waals surface area contributed by atoms with Crippen molar-refractivity contribution in [2.75, 3.05) is 6.61 Å². The second-order valence-corrected chi connectivity index (χ2v) is 4.59. The van der Waals surface area contributed by atoms with Crippen LogP contribution >= 0.6 is 15.9 Å². The maximum absolute atomic E-state index is 11.2. The molecule has 0 saturated heterocycles. The van der Waals surface area contributed by atoms with Crippen LogP contribution in [0.3, 0.4) is 0 Å². The van der Waals surface area contributed by atoms with Gasteiger partial charge in [-0.3, -0.25) is 10.1 Å². The van der Waals surface area contributed by atoms with Gasteiger partial charge in [0.25, 0.3) is 5.91 Å². The Balaban J connectivity index is 2.72. The van der Waals surface area contributed by atoms with Gasteiger partial charge < -0.3 is 16.2 Å². The molecular formula is C11H14BrN3O3. The third-order valence-electron chi connectivity index (χ3n) is 2.08. The van der Waals surface area contributed by atoms with E-state index in [9.17, 15) is 9.59 Å². The highest BCUT2D eigenvalue weighted by Gasteiger charge is 2.11. The van der Waals surface area contributed by atoms with Gasteiger partial charge in [0, 0.05) is 16.1 Å². The summed E-state index contributed by atoms with van der Waals surface area (Å²) in [4.78, 5) is 21.6. The molecule has 5 N–H and O–H groups in total. The number of benzene rings is 1. The van der Waals surface area contributed by atoms with Crippen molar-refractivity contribution in [1.29, 1.82) is 0 Å². The van der Waals surface area contributed by atoms with Crippen LogP contribution in [-0.4, -0.2) is 18.5 Å². The monoisotopic (exact) mass is 315 g/mol. The molecule has 0 aliphatic carbocycles. The Morgan fingerprint density at radius 3 is 2.72 bits per heavy atom. The minimum absolute atomic E-state index is 0.239. The standard InChI is InChI=1S/C11H14BrN3O3/c1-6(13)8-4-7(12)2-3-9(8)18-5-10(16)15-11(14)17/h2-4,6H,5,13H2,1H3,(H3,14,15,16,17)/t6-/m1/s1. The molecule has 98 valence electrons. The molecule has 0 radical (unpaired) electrons. The van der Waals surface area contributed by atoms with E-state index in [1.165, 1.54) is 0 Å². The molecule has 0 bridgehead atoms. The van der Waals surface area contributed by atoms with Crippen molar-refractivity contribution in [2.45, 2.75) is 13.0 Å².